The minimum absolute atomic E-state index is 0.0378. The summed E-state index contributed by atoms with van der Waals surface area (Å²) >= 11 is 0. The molecule has 3 aromatic rings. The van der Waals surface area contributed by atoms with Gasteiger partial charge in [-0.15, -0.1) is 0 Å². The van der Waals surface area contributed by atoms with Crippen LogP contribution in [0.15, 0.2) is 60.7 Å². The molecule has 2 heterocycles. The van der Waals surface area contributed by atoms with Gasteiger partial charge in [0.05, 0.1) is 11.3 Å². The van der Waals surface area contributed by atoms with Gasteiger partial charge in [0, 0.05) is 36.4 Å². The number of benzene rings is 2. The Hall–Kier alpha value is -2.90. The van der Waals surface area contributed by atoms with Gasteiger partial charge in [0.15, 0.2) is 0 Å². The molecule has 1 aromatic heterocycles. The van der Waals surface area contributed by atoms with E-state index in [1.807, 2.05) is 30.3 Å². The van der Waals surface area contributed by atoms with Gasteiger partial charge in [0.2, 0.25) is 0 Å². The van der Waals surface area contributed by atoms with Crippen LogP contribution in [0.3, 0.4) is 0 Å². The quantitative estimate of drug-likeness (QED) is 0.511. The van der Waals surface area contributed by atoms with Crippen molar-refractivity contribution in [2.45, 2.75) is 32.0 Å². The van der Waals surface area contributed by atoms with Gasteiger partial charge in [0.1, 0.15) is 11.5 Å². The molecule has 0 unspecified atom stereocenters. The van der Waals surface area contributed by atoms with Crippen molar-refractivity contribution >= 4 is 0 Å². The monoisotopic (exact) mass is 442 g/mol. The fourth-order valence-electron chi connectivity index (χ4n) is 3.88. The average Bonchev–Trinajstić information content (AvgIpc) is 3.28. The molecule has 168 valence electrons. The largest absolute Gasteiger partial charge is 0.457 e. The highest BCUT2D eigenvalue weighted by Crippen LogP contribution is 2.35. The van der Waals surface area contributed by atoms with E-state index in [0.717, 1.165) is 48.9 Å². The maximum Gasteiger partial charge on any atom is 0.416 e. The van der Waals surface area contributed by atoms with E-state index < -0.39 is 11.7 Å². The van der Waals surface area contributed by atoms with E-state index in [0.29, 0.717) is 30.0 Å². The molecule has 1 fully saturated rings. The zero-order valence-electron chi connectivity index (χ0n) is 17.6. The molecule has 1 saturated heterocycles. The van der Waals surface area contributed by atoms with Crippen molar-refractivity contribution in [3.63, 3.8) is 0 Å². The van der Waals surface area contributed by atoms with Crippen LogP contribution >= 0.6 is 0 Å². The Kier molecular flexibility index (Phi) is 6.77. The normalized spacial score (nSPS) is 14.6. The molecule has 0 atom stereocenters. The first kappa shape index (κ1) is 22.3. The van der Waals surface area contributed by atoms with Crippen molar-refractivity contribution in [1.29, 1.82) is 0 Å². The zero-order chi connectivity index (χ0) is 22.6. The predicted molar refractivity (Wildman–Crippen MR) is 116 cm³/mol. The van der Waals surface area contributed by atoms with Crippen molar-refractivity contribution in [2.75, 3.05) is 19.7 Å². The first-order valence-electron chi connectivity index (χ1n) is 10.7. The van der Waals surface area contributed by atoms with Gasteiger partial charge >= 0.3 is 6.18 Å². The maximum absolute atomic E-state index is 13.2. The van der Waals surface area contributed by atoms with Gasteiger partial charge in [-0.05, 0) is 80.5 Å². The second kappa shape index (κ2) is 9.71. The zero-order valence-corrected chi connectivity index (χ0v) is 17.6. The molecule has 1 N–H and O–H groups in total. The summed E-state index contributed by atoms with van der Waals surface area (Å²) in [6.07, 6.45) is -1.78. The Balaban J connectivity index is 1.55. The van der Waals surface area contributed by atoms with E-state index in [2.05, 4.69) is 9.88 Å². The Morgan fingerprint density at radius 3 is 2.41 bits per heavy atom. The van der Waals surface area contributed by atoms with Crippen molar-refractivity contribution in [3.8, 4) is 22.8 Å². The minimum Gasteiger partial charge on any atom is -0.457 e. The molecule has 7 heteroatoms. The lowest BCUT2D eigenvalue weighted by molar-refractivity contribution is -0.137. The summed E-state index contributed by atoms with van der Waals surface area (Å²) in [6.45, 7) is 2.23. The van der Waals surface area contributed by atoms with Crippen LogP contribution in [0.2, 0.25) is 0 Å². The van der Waals surface area contributed by atoms with Gasteiger partial charge in [-0.25, -0.2) is 0 Å². The molecule has 32 heavy (non-hydrogen) atoms. The maximum atomic E-state index is 13.2. The fraction of sp³-hybridized carbons (Fsp3) is 0.320. The van der Waals surface area contributed by atoms with Crippen LogP contribution in [-0.2, 0) is 19.1 Å². The molecule has 0 radical (unpaired) electrons. The standard InChI is InChI=1S/C25H25F3N2O2/c26-25(27,28)20-8-11-24(19(16-20)17-30-13-1-2-14-30)32-22-9-6-18(7-10-22)23-5-3-4-21(29-23)12-15-31/h3-11,16,31H,1-2,12-15,17H2. The lowest BCUT2D eigenvalue weighted by Gasteiger charge is -2.19. The predicted octanol–water partition coefficient (Wildman–Crippen LogP) is 5.69. The van der Waals surface area contributed by atoms with E-state index in [1.165, 1.54) is 12.1 Å². The number of likely N-dealkylation sites (tertiary alicyclic amines) is 1. The summed E-state index contributed by atoms with van der Waals surface area (Å²) in [6, 6.07) is 16.6. The van der Waals surface area contributed by atoms with Crippen LogP contribution < -0.4 is 4.74 Å². The van der Waals surface area contributed by atoms with Crippen LogP contribution in [0, 0.1) is 0 Å². The molecule has 0 bridgehead atoms. The number of pyridine rings is 1. The van der Waals surface area contributed by atoms with E-state index in [1.54, 1.807) is 12.1 Å². The third kappa shape index (κ3) is 5.47. The van der Waals surface area contributed by atoms with Gasteiger partial charge in [-0.2, -0.15) is 13.2 Å². The van der Waals surface area contributed by atoms with Gasteiger partial charge in [0.25, 0.3) is 0 Å². The first-order chi connectivity index (χ1) is 15.4. The van der Waals surface area contributed by atoms with Crippen molar-refractivity contribution in [2.24, 2.45) is 0 Å². The number of hydrogen-bond donors (Lipinski definition) is 1. The molecule has 0 saturated carbocycles. The number of aliphatic hydroxyl groups excluding tert-OH is 1. The molecule has 1 aliphatic rings. The molecule has 0 spiro atoms. The molecule has 4 rings (SSSR count). The van der Waals surface area contributed by atoms with E-state index in [4.69, 9.17) is 9.84 Å². The van der Waals surface area contributed by atoms with Gasteiger partial charge in [-0.3, -0.25) is 9.88 Å². The molecule has 0 amide bonds. The Labute approximate surface area is 185 Å². The number of halogens is 3. The lowest BCUT2D eigenvalue weighted by Crippen LogP contribution is -2.19. The molecule has 4 nitrogen and oxygen atoms in total. The number of aromatic nitrogens is 1. The van der Waals surface area contributed by atoms with Crippen LogP contribution in [0.1, 0.15) is 29.7 Å². The molecule has 0 aliphatic carbocycles. The fourth-order valence-corrected chi connectivity index (χ4v) is 3.88. The van der Waals surface area contributed by atoms with Gasteiger partial charge in [-0.1, -0.05) is 6.07 Å². The number of hydrogen-bond acceptors (Lipinski definition) is 4. The Morgan fingerprint density at radius 1 is 0.969 bits per heavy atom. The summed E-state index contributed by atoms with van der Waals surface area (Å²) in [5.74, 6) is 0.975. The second-order valence-corrected chi connectivity index (χ2v) is 7.92. The molecular formula is C25H25F3N2O2. The summed E-state index contributed by atoms with van der Waals surface area (Å²) in [5.41, 5.74) is 2.35. The highest BCUT2D eigenvalue weighted by molar-refractivity contribution is 5.60. The third-order valence-corrected chi connectivity index (χ3v) is 5.53. The number of nitrogens with zero attached hydrogens (tertiary/aromatic N) is 2. The average molecular weight is 442 g/mol. The summed E-state index contributed by atoms with van der Waals surface area (Å²) in [5, 5.41) is 9.11. The van der Waals surface area contributed by atoms with Crippen molar-refractivity contribution in [1.82, 2.24) is 9.88 Å². The summed E-state index contributed by atoms with van der Waals surface area (Å²) in [4.78, 5) is 6.69. The second-order valence-electron chi connectivity index (χ2n) is 7.92. The smallest absolute Gasteiger partial charge is 0.416 e. The van der Waals surface area contributed by atoms with Crippen LogP contribution in [0.25, 0.3) is 11.3 Å². The van der Waals surface area contributed by atoms with Crippen LogP contribution in [0.5, 0.6) is 11.5 Å². The van der Waals surface area contributed by atoms with E-state index in [-0.39, 0.29) is 6.61 Å². The first-order valence-corrected chi connectivity index (χ1v) is 10.7. The molecule has 1 aliphatic heterocycles. The number of alkyl halides is 3. The Bertz CT molecular complexity index is 1050. The number of ether oxygens (including phenoxy) is 1. The van der Waals surface area contributed by atoms with Crippen molar-refractivity contribution < 1.29 is 23.0 Å². The highest BCUT2D eigenvalue weighted by atomic mass is 19.4. The van der Waals surface area contributed by atoms with Crippen LogP contribution in [-0.4, -0.2) is 34.7 Å². The van der Waals surface area contributed by atoms with E-state index >= 15 is 0 Å². The number of aliphatic hydroxyl groups is 1. The minimum atomic E-state index is -4.39. The Morgan fingerprint density at radius 2 is 1.72 bits per heavy atom. The van der Waals surface area contributed by atoms with Gasteiger partial charge < -0.3 is 9.84 Å². The molecule has 2 aromatic carbocycles. The SMILES string of the molecule is OCCc1cccc(-c2ccc(Oc3ccc(C(F)(F)F)cc3CN3CCCC3)cc2)n1. The summed E-state index contributed by atoms with van der Waals surface area (Å²) < 4.78 is 45.7. The van der Waals surface area contributed by atoms with E-state index in [9.17, 15) is 13.2 Å². The lowest BCUT2D eigenvalue weighted by atomic mass is 10.1. The summed E-state index contributed by atoms with van der Waals surface area (Å²) in [7, 11) is 0. The topological polar surface area (TPSA) is 45.6 Å². The highest BCUT2D eigenvalue weighted by Gasteiger charge is 2.31. The van der Waals surface area contributed by atoms with Crippen LogP contribution in [0.4, 0.5) is 13.2 Å². The molecular weight excluding hydrogens is 417 g/mol. The number of rotatable bonds is 7. The third-order valence-electron chi connectivity index (χ3n) is 5.53. The van der Waals surface area contributed by atoms with Crippen molar-refractivity contribution in [3.05, 3.63) is 77.5 Å².